The van der Waals surface area contributed by atoms with Gasteiger partial charge >= 0.3 is 0 Å². The van der Waals surface area contributed by atoms with E-state index in [1.54, 1.807) is 0 Å². The summed E-state index contributed by atoms with van der Waals surface area (Å²) >= 11 is 1.44. The van der Waals surface area contributed by atoms with Crippen LogP contribution in [0.3, 0.4) is 0 Å². The van der Waals surface area contributed by atoms with Crippen LogP contribution in [0.25, 0.3) is 10.2 Å². The molecule has 3 aromatic rings. The molecular formula is C19H19N3O2S. The van der Waals surface area contributed by atoms with Crippen LogP contribution in [-0.2, 0) is 6.42 Å². The van der Waals surface area contributed by atoms with Crippen LogP contribution in [0.15, 0.2) is 24.3 Å². The van der Waals surface area contributed by atoms with Gasteiger partial charge in [0.1, 0.15) is 5.69 Å². The van der Waals surface area contributed by atoms with Crippen LogP contribution >= 0.6 is 11.3 Å². The molecule has 128 valence electrons. The summed E-state index contributed by atoms with van der Waals surface area (Å²) in [5.41, 5.74) is 3.52. The Labute approximate surface area is 149 Å². The van der Waals surface area contributed by atoms with Crippen molar-refractivity contribution in [2.24, 2.45) is 5.41 Å². The number of rotatable bonds is 2. The molecule has 4 rings (SSSR count). The SMILES string of the molecule is Cc1c(C(=O)Nc2nc3ccccc3s2)[nH]c2c1C(=O)CC(C)(C)C2. The Kier molecular flexibility index (Phi) is 3.54. The lowest BCUT2D eigenvalue weighted by Crippen LogP contribution is -2.26. The molecule has 1 aliphatic carbocycles. The number of nitrogens with one attached hydrogen (secondary N) is 2. The molecule has 0 atom stereocenters. The van der Waals surface area contributed by atoms with Gasteiger partial charge in [-0.05, 0) is 36.5 Å². The minimum atomic E-state index is -0.253. The highest BCUT2D eigenvalue weighted by molar-refractivity contribution is 7.22. The normalized spacial score (nSPS) is 16.0. The Bertz CT molecular complexity index is 980. The topological polar surface area (TPSA) is 74.8 Å². The standard InChI is InChI=1S/C19H19N3O2S/c1-10-15-12(8-19(2,3)9-13(15)23)20-16(10)17(24)22-18-21-11-6-4-5-7-14(11)25-18/h4-7,20H,8-9H2,1-3H3,(H,21,22,24). The summed E-state index contributed by atoms with van der Waals surface area (Å²) < 4.78 is 1.03. The van der Waals surface area contributed by atoms with Crippen LogP contribution in [0.5, 0.6) is 0 Å². The van der Waals surface area contributed by atoms with Crippen molar-refractivity contribution < 1.29 is 9.59 Å². The molecule has 0 unspecified atom stereocenters. The summed E-state index contributed by atoms with van der Waals surface area (Å²) in [6.45, 7) is 5.98. The van der Waals surface area contributed by atoms with Gasteiger partial charge in [-0.3, -0.25) is 14.9 Å². The van der Waals surface area contributed by atoms with Gasteiger partial charge in [0.25, 0.3) is 5.91 Å². The molecule has 5 nitrogen and oxygen atoms in total. The fraction of sp³-hybridized carbons (Fsp3) is 0.316. The first-order valence-electron chi connectivity index (χ1n) is 8.26. The second-order valence-electron chi connectivity index (χ2n) is 7.36. The van der Waals surface area contributed by atoms with Gasteiger partial charge in [-0.25, -0.2) is 4.98 Å². The highest BCUT2D eigenvalue weighted by Crippen LogP contribution is 2.37. The Morgan fingerprint density at radius 1 is 1.28 bits per heavy atom. The number of thiazole rings is 1. The Hall–Kier alpha value is -2.47. The molecule has 1 amide bonds. The zero-order valence-corrected chi connectivity index (χ0v) is 15.2. The average molecular weight is 353 g/mol. The van der Waals surface area contributed by atoms with E-state index in [-0.39, 0.29) is 17.1 Å². The number of amides is 1. The molecule has 6 heteroatoms. The smallest absolute Gasteiger partial charge is 0.274 e. The summed E-state index contributed by atoms with van der Waals surface area (Å²) in [5.74, 6) is -0.143. The average Bonchev–Trinajstić information content (AvgIpc) is 3.06. The van der Waals surface area contributed by atoms with Crippen molar-refractivity contribution in [2.45, 2.75) is 33.6 Å². The van der Waals surface area contributed by atoms with E-state index >= 15 is 0 Å². The van der Waals surface area contributed by atoms with Crippen LogP contribution in [0, 0.1) is 12.3 Å². The Balaban J connectivity index is 1.66. The van der Waals surface area contributed by atoms with Gasteiger partial charge in [0.05, 0.1) is 10.2 Å². The number of hydrogen-bond donors (Lipinski definition) is 2. The number of aromatic nitrogens is 2. The molecule has 1 aliphatic rings. The monoisotopic (exact) mass is 353 g/mol. The summed E-state index contributed by atoms with van der Waals surface area (Å²) in [7, 11) is 0. The first kappa shape index (κ1) is 16.0. The number of nitrogens with zero attached hydrogens (tertiary/aromatic N) is 1. The maximum atomic E-state index is 12.7. The number of fused-ring (bicyclic) bond motifs is 2. The summed E-state index contributed by atoms with van der Waals surface area (Å²) in [4.78, 5) is 32.8. The number of anilines is 1. The van der Waals surface area contributed by atoms with Crippen LogP contribution in [0.4, 0.5) is 5.13 Å². The van der Waals surface area contributed by atoms with Crippen molar-refractivity contribution in [3.63, 3.8) is 0 Å². The number of hydrogen-bond acceptors (Lipinski definition) is 4. The quantitative estimate of drug-likeness (QED) is 0.719. The molecule has 25 heavy (non-hydrogen) atoms. The predicted molar refractivity (Wildman–Crippen MR) is 99.5 cm³/mol. The lowest BCUT2D eigenvalue weighted by molar-refractivity contribution is 0.0910. The zero-order chi connectivity index (χ0) is 17.8. The van der Waals surface area contributed by atoms with E-state index in [2.05, 4.69) is 29.1 Å². The third-order valence-electron chi connectivity index (χ3n) is 4.64. The summed E-state index contributed by atoms with van der Waals surface area (Å²) in [5, 5.41) is 3.42. The van der Waals surface area contributed by atoms with Crippen molar-refractivity contribution in [1.29, 1.82) is 0 Å². The van der Waals surface area contributed by atoms with E-state index in [1.165, 1.54) is 11.3 Å². The van der Waals surface area contributed by atoms with Crippen molar-refractivity contribution >= 4 is 38.4 Å². The number of carbonyl (C=O) groups excluding carboxylic acids is 2. The van der Waals surface area contributed by atoms with Crippen LogP contribution < -0.4 is 5.32 Å². The number of carbonyl (C=O) groups is 2. The minimum Gasteiger partial charge on any atom is -0.354 e. The van der Waals surface area contributed by atoms with Gasteiger partial charge in [-0.2, -0.15) is 0 Å². The number of ketones is 1. The first-order chi connectivity index (χ1) is 11.8. The molecular weight excluding hydrogens is 334 g/mol. The van der Waals surface area contributed by atoms with E-state index in [4.69, 9.17) is 0 Å². The second-order valence-corrected chi connectivity index (χ2v) is 8.39. The van der Waals surface area contributed by atoms with Gasteiger partial charge in [-0.15, -0.1) is 0 Å². The maximum Gasteiger partial charge on any atom is 0.274 e. The highest BCUT2D eigenvalue weighted by atomic mass is 32.1. The number of aromatic amines is 1. The van der Waals surface area contributed by atoms with Crippen LogP contribution in [0.2, 0.25) is 0 Å². The Morgan fingerprint density at radius 3 is 2.80 bits per heavy atom. The molecule has 2 aromatic heterocycles. The Morgan fingerprint density at radius 2 is 2.04 bits per heavy atom. The van der Waals surface area contributed by atoms with E-state index < -0.39 is 0 Å². The third kappa shape index (κ3) is 2.76. The van der Waals surface area contributed by atoms with Crippen molar-refractivity contribution in [2.75, 3.05) is 5.32 Å². The number of H-pyrrole nitrogens is 1. The molecule has 0 aliphatic heterocycles. The molecule has 2 heterocycles. The summed E-state index contributed by atoms with van der Waals surface area (Å²) in [6, 6.07) is 7.76. The molecule has 0 radical (unpaired) electrons. The lowest BCUT2D eigenvalue weighted by Gasteiger charge is -2.28. The highest BCUT2D eigenvalue weighted by Gasteiger charge is 2.35. The molecule has 0 saturated heterocycles. The largest absolute Gasteiger partial charge is 0.354 e. The first-order valence-corrected chi connectivity index (χ1v) is 9.07. The molecule has 0 fully saturated rings. The number of para-hydroxylation sites is 1. The maximum absolute atomic E-state index is 12.7. The van der Waals surface area contributed by atoms with Gasteiger partial charge in [0, 0.05) is 17.7 Å². The van der Waals surface area contributed by atoms with Crippen molar-refractivity contribution in [1.82, 2.24) is 9.97 Å². The number of benzene rings is 1. The van der Waals surface area contributed by atoms with Crippen LogP contribution in [0.1, 0.15) is 52.4 Å². The van der Waals surface area contributed by atoms with E-state index in [9.17, 15) is 9.59 Å². The van der Waals surface area contributed by atoms with E-state index in [1.807, 2.05) is 31.2 Å². The fourth-order valence-corrected chi connectivity index (χ4v) is 4.41. The second kappa shape index (κ2) is 5.52. The van der Waals surface area contributed by atoms with Gasteiger partial charge < -0.3 is 4.98 Å². The molecule has 0 spiro atoms. The van der Waals surface area contributed by atoms with E-state index in [0.29, 0.717) is 22.8 Å². The molecule has 2 N–H and O–H groups in total. The summed E-state index contributed by atoms with van der Waals surface area (Å²) in [6.07, 6.45) is 1.28. The minimum absolute atomic E-state index is 0.0812. The van der Waals surface area contributed by atoms with Crippen molar-refractivity contribution in [3.05, 3.63) is 46.8 Å². The lowest BCUT2D eigenvalue weighted by atomic mass is 9.75. The zero-order valence-electron chi connectivity index (χ0n) is 14.4. The molecule has 1 aromatic carbocycles. The number of Topliss-reactive ketones (excluding diaryl/α,β-unsaturated/α-hetero) is 1. The van der Waals surface area contributed by atoms with Crippen molar-refractivity contribution in [3.8, 4) is 0 Å². The van der Waals surface area contributed by atoms with Gasteiger partial charge in [-0.1, -0.05) is 37.3 Å². The predicted octanol–water partition coefficient (Wildman–Crippen LogP) is 4.34. The van der Waals surface area contributed by atoms with Gasteiger partial charge in [0.15, 0.2) is 10.9 Å². The van der Waals surface area contributed by atoms with E-state index in [0.717, 1.165) is 27.9 Å². The molecule has 0 bridgehead atoms. The fourth-order valence-electron chi connectivity index (χ4n) is 3.54. The molecule has 0 saturated carbocycles. The van der Waals surface area contributed by atoms with Crippen LogP contribution in [-0.4, -0.2) is 21.7 Å². The third-order valence-corrected chi connectivity index (χ3v) is 5.59. The van der Waals surface area contributed by atoms with Gasteiger partial charge in [0.2, 0.25) is 0 Å².